The molecule has 471 valence electrons. The van der Waals surface area contributed by atoms with Crippen molar-refractivity contribution in [2.75, 3.05) is 47.8 Å². The van der Waals surface area contributed by atoms with Crippen molar-refractivity contribution in [1.29, 1.82) is 0 Å². The SMILES string of the molecule is CN(c1nc([N-]C2CC(C)(C)NC(C)(C)C2)nc(N(C)C2CC(C)(C)NC(C)(C)C2)n1)C1CC(C)(C)NC(C)(C)C1.CN(c1nc([N-]C2CC(C)(C)NC(C)(C)C2)nc(N(C)C2CC(C)(C)NC(C)(C)C2)n1)C1CC(C)(C)NC(C)(C)C1.[Y]. The monoisotopic (exact) mass is 1230 g/mol. The van der Waals surface area contributed by atoms with Gasteiger partial charge in [0, 0.05) is 163 Å². The summed E-state index contributed by atoms with van der Waals surface area (Å²) >= 11 is 0. The van der Waals surface area contributed by atoms with Crippen molar-refractivity contribution < 1.29 is 32.7 Å². The van der Waals surface area contributed by atoms with E-state index in [0.717, 1.165) is 101 Å². The average Bonchev–Trinajstić information content (AvgIpc) is 3.21. The first-order valence-electron chi connectivity index (χ1n) is 31.5. The van der Waals surface area contributed by atoms with Crippen molar-refractivity contribution in [3.63, 3.8) is 0 Å². The topological polar surface area (TPSA) is 191 Å². The van der Waals surface area contributed by atoms with Crippen LogP contribution in [0.1, 0.15) is 243 Å². The number of rotatable bonds is 12. The van der Waals surface area contributed by atoms with E-state index in [-0.39, 0.29) is 111 Å². The number of anilines is 4. The molecular weight excluding hydrogens is 1110 g/mol. The van der Waals surface area contributed by atoms with Gasteiger partial charge in [0.25, 0.3) is 0 Å². The van der Waals surface area contributed by atoms with Gasteiger partial charge in [-0.15, -0.1) is 0 Å². The molecular formula is C64H120N18Y-2. The Morgan fingerprint density at radius 3 is 0.566 bits per heavy atom. The van der Waals surface area contributed by atoms with E-state index in [1.54, 1.807) is 0 Å². The number of hydrogen-bond donors (Lipinski definition) is 6. The van der Waals surface area contributed by atoms with Gasteiger partial charge in [-0.25, -0.2) is 9.97 Å². The van der Waals surface area contributed by atoms with Crippen molar-refractivity contribution in [2.45, 2.75) is 346 Å². The smallest absolute Gasteiger partial charge is 0.155 e. The third-order valence-corrected chi connectivity index (χ3v) is 18.3. The van der Waals surface area contributed by atoms with Crippen LogP contribution < -0.4 is 51.5 Å². The van der Waals surface area contributed by atoms with Gasteiger partial charge in [-0.1, -0.05) is 0 Å². The van der Waals surface area contributed by atoms with Crippen LogP contribution in [0.15, 0.2) is 0 Å². The first-order chi connectivity index (χ1) is 36.9. The van der Waals surface area contributed by atoms with Crippen molar-refractivity contribution in [1.82, 2.24) is 61.8 Å². The molecule has 0 amide bonds. The molecule has 6 aliphatic heterocycles. The van der Waals surface area contributed by atoms with Crippen LogP contribution >= 0.6 is 0 Å². The quantitative estimate of drug-likeness (QED) is 0.118. The van der Waals surface area contributed by atoms with E-state index in [9.17, 15) is 0 Å². The molecule has 0 aromatic carbocycles. The van der Waals surface area contributed by atoms with Crippen LogP contribution in [-0.4, -0.2) is 161 Å². The van der Waals surface area contributed by atoms with Crippen LogP contribution in [-0.2, 0) is 32.7 Å². The fraction of sp³-hybridized carbons (Fsp3) is 0.906. The zero-order valence-corrected chi connectivity index (χ0v) is 60.7. The van der Waals surface area contributed by atoms with Crippen LogP contribution in [0.4, 0.5) is 35.7 Å². The van der Waals surface area contributed by atoms with Gasteiger partial charge in [-0.3, -0.25) is 0 Å². The van der Waals surface area contributed by atoms with Crippen LogP contribution in [0.3, 0.4) is 0 Å². The summed E-state index contributed by atoms with van der Waals surface area (Å²) < 4.78 is 0. The fourth-order valence-electron chi connectivity index (χ4n) is 17.3. The van der Waals surface area contributed by atoms with Crippen molar-refractivity contribution in [3.05, 3.63) is 10.6 Å². The molecule has 8 heterocycles. The van der Waals surface area contributed by atoms with E-state index in [1.807, 2.05) is 0 Å². The van der Waals surface area contributed by atoms with Gasteiger partial charge in [-0.2, -0.15) is 0 Å². The average molecular weight is 1230 g/mol. The van der Waals surface area contributed by atoms with Crippen molar-refractivity contribution in [2.24, 2.45) is 0 Å². The number of nitrogens with zero attached hydrogens (tertiary/aromatic N) is 12. The van der Waals surface area contributed by atoms with E-state index in [4.69, 9.17) is 40.5 Å². The van der Waals surface area contributed by atoms with E-state index in [0.29, 0.717) is 36.1 Å². The summed E-state index contributed by atoms with van der Waals surface area (Å²) in [4.78, 5) is 39.6. The van der Waals surface area contributed by atoms with Crippen molar-refractivity contribution in [3.8, 4) is 0 Å². The summed E-state index contributed by atoms with van der Waals surface area (Å²) in [6.07, 6.45) is 11.9. The second-order valence-corrected chi connectivity index (χ2v) is 34.9. The second-order valence-electron chi connectivity index (χ2n) is 34.9. The number of piperidine rings is 6. The Balaban J connectivity index is 0.000000263. The molecule has 19 heteroatoms. The van der Waals surface area contributed by atoms with Gasteiger partial charge in [-0.05, 0) is 255 Å². The Labute approximate surface area is 531 Å². The Kier molecular flexibility index (Phi) is 20.1. The van der Waals surface area contributed by atoms with Crippen molar-refractivity contribution >= 4 is 35.7 Å². The van der Waals surface area contributed by atoms with Gasteiger partial charge < -0.3 is 82.1 Å². The van der Waals surface area contributed by atoms with Gasteiger partial charge in [0.2, 0.25) is 0 Å². The Morgan fingerprint density at radius 1 is 0.265 bits per heavy atom. The molecule has 0 saturated carbocycles. The molecule has 0 unspecified atom stereocenters. The van der Waals surface area contributed by atoms with Crippen LogP contribution in [0, 0.1) is 0 Å². The minimum Gasteiger partial charge on any atom is -0.390 e. The second kappa shape index (κ2) is 23.9. The maximum Gasteiger partial charge on any atom is 0.155 e. The summed E-state index contributed by atoms with van der Waals surface area (Å²) in [7, 11) is 8.61. The first kappa shape index (κ1) is 69.8. The Bertz CT molecular complexity index is 2140. The zero-order valence-electron chi connectivity index (χ0n) is 57.9. The summed E-state index contributed by atoms with van der Waals surface area (Å²) in [5.74, 6) is 4.00. The number of hydrogen-bond acceptors (Lipinski definition) is 16. The molecule has 1 radical (unpaired) electrons. The maximum absolute atomic E-state index is 5.22. The number of aromatic nitrogens is 6. The van der Waals surface area contributed by atoms with E-state index < -0.39 is 0 Å². The summed E-state index contributed by atoms with van der Waals surface area (Å²) in [6.45, 7) is 54.9. The maximum atomic E-state index is 5.22. The van der Waals surface area contributed by atoms with Crippen LogP contribution in [0.25, 0.3) is 10.6 Å². The molecule has 0 bridgehead atoms. The van der Waals surface area contributed by atoms with Gasteiger partial charge >= 0.3 is 0 Å². The molecule has 2 aromatic rings. The predicted octanol–water partition coefficient (Wildman–Crippen LogP) is 11.4. The molecule has 6 saturated heterocycles. The molecule has 18 nitrogen and oxygen atoms in total. The van der Waals surface area contributed by atoms with E-state index in [1.165, 1.54) is 0 Å². The third kappa shape index (κ3) is 19.3. The zero-order chi connectivity index (χ0) is 61.6. The largest absolute Gasteiger partial charge is 0.390 e. The molecule has 6 N–H and O–H groups in total. The van der Waals surface area contributed by atoms with Gasteiger partial charge in [0.1, 0.15) is 0 Å². The molecule has 8 rings (SSSR count). The minimum atomic E-state index is 0. The fourth-order valence-corrected chi connectivity index (χ4v) is 17.3. The molecule has 6 aliphatic rings. The molecule has 0 atom stereocenters. The summed E-state index contributed by atoms with van der Waals surface area (Å²) in [6, 6.07) is 1.53. The molecule has 0 spiro atoms. The standard InChI is InChI=1S/2C32H60N9.Y/c2*1-27(2)15-21(16-28(3,4)37-27)33-24-34-25(40(13)22-17-29(5,6)38-30(7,8)18-22)36-26(35-24)41(14)23-19-31(9,10)39-32(11,12)20-23;/h2*21-23,37-39H,15-20H2,1-14H3;/q2*-1;. The Morgan fingerprint density at radius 2 is 0.410 bits per heavy atom. The predicted molar refractivity (Wildman–Crippen MR) is 345 cm³/mol. The minimum absolute atomic E-state index is 0. The van der Waals surface area contributed by atoms with Gasteiger partial charge in [0.05, 0.1) is 0 Å². The molecule has 2 aromatic heterocycles. The molecule has 6 fully saturated rings. The Hall–Kier alpha value is -2.32. The van der Waals surface area contributed by atoms with Crippen LogP contribution in [0.5, 0.6) is 0 Å². The van der Waals surface area contributed by atoms with Crippen LogP contribution in [0.2, 0.25) is 0 Å². The third-order valence-electron chi connectivity index (χ3n) is 18.3. The molecule has 0 aliphatic carbocycles. The first-order valence-corrected chi connectivity index (χ1v) is 31.5. The molecule has 83 heavy (non-hydrogen) atoms. The normalized spacial score (nSPS) is 26.9. The van der Waals surface area contributed by atoms with E-state index >= 15 is 0 Å². The summed E-state index contributed by atoms with van der Waals surface area (Å²) in [5.41, 5.74) is 0.218. The summed E-state index contributed by atoms with van der Waals surface area (Å²) in [5, 5.41) is 33.3. The van der Waals surface area contributed by atoms with Gasteiger partial charge in [0.15, 0.2) is 23.8 Å². The number of nitrogens with one attached hydrogen (secondary N) is 6. The van der Waals surface area contributed by atoms with E-state index in [2.05, 4.69) is 246 Å².